The number of halogens is 3. The molecular formula is C20H11Cl3N2O3. The van der Waals surface area contributed by atoms with Crippen molar-refractivity contribution in [1.29, 1.82) is 0 Å². The Morgan fingerprint density at radius 2 is 1.61 bits per heavy atom. The summed E-state index contributed by atoms with van der Waals surface area (Å²) in [5.74, 6) is 0.686. The zero-order valence-corrected chi connectivity index (χ0v) is 16.3. The molecule has 0 bridgehead atoms. The maximum Gasteiger partial charge on any atom is 0.337 e. The predicted octanol–water partition coefficient (Wildman–Crippen LogP) is 6.68. The predicted molar refractivity (Wildman–Crippen MR) is 110 cm³/mol. The second-order valence-electron chi connectivity index (χ2n) is 5.94. The Balaban J connectivity index is 1.61. The van der Waals surface area contributed by atoms with Gasteiger partial charge in [-0.1, -0.05) is 34.8 Å². The second kappa shape index (κ2) is 7.36. The lowest BCUT2D eigenvalue weighted by atomic mass is 10.2. The van der Waals surface area contributed by atoms with Crippen molar-refractivity contribution in [1.82, 2.24) is 9.97 Å². The summed E-state index contributed by atoms with van der Waals surface area (Å²) < 4.78 is 5.77. The van der Waals surface area contributed by atoms with Gasteiger partial charge in [0, 0.05) is 11.6 Å². The quantitative estimate of drug-likeness (QED) is 0.376. The van der Waals surface area contributed by atoms with E-state index in [-0.39, 0.29) is 10.6 Å². The molecule has 28 heavy (non-hydrogen) atoms. The molecule has 2 N–H and O–H groups in total. The first kappa shape index (κ1) is 18.6. The number of aromatic amines is 1. The van der Waals surface area contributed by atoms with Crippen LogP contribution in [0.25, 0.3) is 22.4 Å². The Kier molecular flexibility index (Phi) is 4.89. The zero-order valence-electron chi connectivity index (χ0n) is 14.0. The fraction of sp³-hybridized carbons (Fsp3) is 0. The molecule has 0 radical (unpaired) electrons. The van der Waals surface area contributed by atoms with Crippen LogP contribution in [0.1, 0.15) is 10.4 Å². The number of aromatic nitrogens is 2. The van der Waals surface area contributed by atoms with Gasteiger partial charge in [0.1, 0.15) is 17.3 Å². The van der Waals surface area contributed by atoms with Gasteiger partial charge in [0.2, 0.25) is 0 Å². The van der Waals surface area contributed by atoms with Crippen LogP contribution in [0.5, 0.6) is 11.5 Å². The Bertz CT molecular complexity index is 1200. The van der Waals surface area contributed by atoms with Crippen molar-refractivity contribution in [3.8, 4) is 22.9 Å². The van der Waals surface area contributed by atoms with Gasteiger partial charge < -0.3 is 14.8 Å². The van der Waals surface area contributed by atoms with Crippen LogP contribution in [0.3, 0.4) is 0 Å². The number of carboxylic acid groups (broad SMARTS) is 1. The fourth-order valence-electron chi connectivity index (χ4n) is 2.69. The van der Waals surface area contributed by atoms with Crippen molar-refractivity contribution in [2.75, 3.05) is 0 Å². The average Bonchev–Trinajstić information content (AvgIpc) is 3.07. The van der Waals surface area contributed by atoms with Gasteiger partial charge in [0.05, 0.1) is 31.7 Å². The molecule has 0 amide bonds. The number of imidazole rings is 1. The van der Waals surface area contributed by atoms with Crippen molar-refractivity contribution < 1.29 is 14.6 Å². The molecule has 0 aliphatic carbocycles. The summed E-state index contributed by atoms with van der Waals surface area (Å²) in [6, 6.07) is 15.3. The lowest BCUT2D eigenvalue weighted by molar-refractivity contribution is 0.0697. The Morgan fingerprint density at radius 3 is 2.29 bits per heavy atom. The minimum atomic E-state index is -1.10. The molecule has 0 aliphatic heterocycles. The van der Waals surface area contributed by atoms with Gasteiger partial charge in [0.15, 0.2) is 0 Å². The first-order valence-corrected chi connectivity index (χ1v) is 9.20. The molecule has 140 valence electrons. The lowest BCUT2D eigenvalue weighted by Crippen LogP contribution is -1.96. The molecule has 0 atom stereocenters. The van der Waals surface area contributed by atoms with Gasteiger partial charge in [-0.2, -0.15) is 0 Å². The molecule has 1 aromatic heterocycles. The van der Waals surface area contributed by atoms with Gasteiger partial charge >= 0.3 is 5.97 Å². The van der Waals surface area contributed by atoms with E-state index in [2.05, 4.69) is 9.97 Å². The Labute approximate surface area is 174 Å². The molecule has 0 fully saturated rings. The van der Waals surface area contributed by atoms with Crippen LogP contribution in [-0.4, -0.2) is 21.0 Å². The van der Waals surface area contributed by atoms with E-state index in [9.17, 15) is 9.90 Å². The number of nitrogens with zero attached hydrogens (tertiary/aromatic N) is 1. The maximum absolute atomic E-state index is 11.2. The summed E-state index contributed by atoms with van der Waals surface area (Å²) in [5, 5.41) is 10.2. The van der Waals surface area contributed by atoms with E-state index in [0.29, 0.717) is 38.4 Å². The summed E-state index contributed by atoms with van der Waals surface area (Å²) in [6.07, 6.45) is 0. The van der Waals surface area contributed by atoms with Gasteiger partial charge in [-0.05, 0) is 48.5 Å². The lowest BCUT2D eigenvalue weighted by Gasteiger charge is -2.07. The minimum absolute atomic E-state index is 0.0117. The molecule has 3 aromatic carbocycles. The molecule has 0 aliphatic rings. The topological polar surface area (TPSA) is 75.2 Å². The fourth-order valence-corrected chi connectivity index (χ4v) is 3.22. The SMILES string of the molecule is O=C(O)c1cc2nc(-c3ccc(Oc4ccc(Cl)c(Cl)c4)cc3)[nH]c2cc1Cl. The molecule has 0 saturated heterocycles. The van der Waals surface area contributed by atoms with Crippen LogP contribution < -0.4 is 4.74 Å². The number of rotatable bonds is 4. The summed E-state index contributed by atoms with van der Waals surface area (Å²) >= 11 is 17.9. The number of hydrogen-bond donors (Lipinski definition) is 2. The molecule has 0 spiro atoms. The van der Waals surface area contributed by atoms with Crippen LogP contribution in [0.2, 0.25) is 15.1 Å². The van der Waals surface area contributed by atoms with Crippen LogP contribution in [0, 0.1) is 0 Å². The smallest absolute Gasteiger partial charge is 0.337 e. The molecular weight excluding hydrogens is 423 g/mol. The summed E-state index contributed by atoms with van der Waals surface area (Å²) in [7, 11) is 0. The van der Waals surface area contributed by atoms with E-state index in [1.807, 2.05) is 12.1 Å². The van der Waals surface area contributed by atoms with E-state index in [1.54, 1.807) is 36.4 Å². The molecule has 8 heteroatoms. The van der Waals surface area contributed by atoms with Gasteiger partial charge in [-0.15, -0.1) is 0 Å². The molecule has 4 aromatic rings. The normalized spacial score (nSPS) is 11.0. The van der Waals surface area contributed by atoms with Crippen molar-refractivity contribution >= 4 is 51.8 Å². The first-order chi connectivity index (χ1) is 13.4. The molecule has 4 rings (SSSR count). The van der Waals surface area contributed by atoms with E-state index in [1.165, 1.54) is 6.07 Å². The largest absolute Gasteiger partial charge is 0.478 e. The monoisotopic (exact) mass is 432 g/mol. The van der Waals surface area contributed by atoms with E-state index in [4.69, 9.17) is 39.5 Å². The van der Waals surface area contributed by atoms with Crippen LogP contribution in [-0.2, 0) is 0 Å². The van der Waals surface area contributed by atoms with Crippen LogP contribution >= 0.6 is 34.8 Å². The number of carbonyl (C=O) groups is 1. The highest BCUT2D eigenvalue weighted by Gasteiger charge is 2.13. The van der Waals surface area contributed by atoms with Crippen LogP contribution in [0.4, 0.5) is 0 Å². The van der Waals surface area contributed by atoms with Crippen molar-refractivity contribution in [2.45, 2.75) is 0 Å². The minimum Gasteiger partial charge on any atom is -0.478 e. The number of aromatic carboxylic acids is 1. The third kappa shape index (κ3) is 3.64. The Morgan fingerprint density at radius 1 is 0.893 bits per heavy atom. The highest BCUT2D eigenvalue weighted by atomic mass is 35.5. The highest BCUT2D eigenvalue weighted by Crippen LogP contribution is 2.31. The number of carboxylic acids is 1. The molecule has 1 heterocycles. The molecule has 0 unspecified atom stereocenters. The number of ether oxygens (including phenoxy) is 1. The van der Waals surface area contributed by atoms with Crippen molar-refractivity contribution in [2.24, 2.45) is 0 Å². The van der Waals surface area contributed by atoms with Gasteiger partial charge in [-0.3, -0.25) is 0 Å². The van der Waals surface area contributed by atoms with Crippen molar-refractivity contribution in [3.63, 3.8) is 0 Å². The van der Waals surface area contributed by atoms with E-state index >= 15 is 0 Å². The number of nitrogens with one attached hydrogen (secondary N) is 1. The van der Waals surface area contributed by atoms with Gasteiger partial charge in [-0.25, -0.2) is 9.78 Å². The molecule has 0 saturated carbocycles. The maximum atomic E-state index is 11.2. The third-order valence-corrected chi connectivity index (χ3v) is 5.11. The highest BCUT2D eigenvalue weighted by molar-refractivity contribution is 6.42. The Hall–Kier alpha value is -2.73. The summed E-state index contributed by atoms with van der Waals surface area (Å²) in [5.41, 5.74) is 2.00. The number of benzene rings is 3. The standard InChI is InChI=1S/C20H11Cl3N2O3/c21-14-6-5-12(7-16(14)23)28-11-3-1-10(2-4-11)19-24-17-8-13(20(26)27)15(22)9-18(17)25-19/h1-9H,(H,24,25)(H,26,27). The number of H-pyrrole nitrogens is 1. The van der Waals surface area contributed by atoms with Gasteiger partial charge in [0.25, 0.3) is 0 Å². The van der Waals surface area contributed by atoms with Crippen molar-refractivity contribution in [3.05, 3.63) is 75.2 Å². The summed E-state index contributed by atoms with van der Waals surface area (Å²) in [4.78, 5) is 18.8. The van der Waals surface area contributed by atoms with Crippen LogP contribution in [0.15, 0.2) is 54.6 Å². The average molecular weight is 434 g/mol. The molecule has 5 nitrogen and oxygen atoms in total. The summed E-state index contributed by atoms with van der Waals surface area (Å²) in [6.45, 7) is 0. The van der Waals surface area contributed by atoms with E-state index in [0.717, 1.165) is 5.56 Å². The zero-order chi connectivity index (χ0) is 19.8. The second-order valence-corrected chi connectivity index (χ2v) is 7.16. The number of fused-ring (bicyclic) bond motifs is 1. The number of hydrogen-bond acceptors (Lipinski definition) is 3. The third-order valence-electron chi connectivity index (χ3n) is 4.06. The van der Waals surface area contributed by atoms with E-state index < -0.39 is 5.97 Å². The first-order valence-electron chi connectivity index (χ1n) is 8.06.